The molecule has 3 N–H and O–H groups in total. The lowest BCUT2D eigenvalue weighted by molar-refractivity contribution is -0.177. The summed E-state index contributed by atoms with van der Waals surface area (Å²) in [5.41, 5.74) is 2.10. The maximum atomic E-state index is 16.4. The van der Waals surface area contributed by atoms with Gasteiger partial charge in [-0.2, -0.15) is 0 Å². The number of esters is 1. The summed E-state index contributed by atoms with van der Waals surface area (Å²) in [6.45, 7) is 2.09. The Morgan fingerprint density at radius 1 is 0.794 bits per heavy atom. The number of imide groups is 1. The Kier molecular flexibility index (Phi) is 13.8. The zero-order valence-electron chi connectivity index (χ0n) is 37.5. The van der Waals surface area contributed by atoms with Crippen molar-refractivity contribution < 1.29 is 53.1 Å². The average Bonchev–Trinajstić information content (AvgIpc) is 3.83. The molecular formula is C53H52N4O11. The number of aliphatic hydroxyl groups is 2. The highest BCUT2D eigenvalue weighted by molar-refractivity contribution is 6.24. The molecular weight excluding hydrogens is 869 g/mol. The number of carbonyl (C=O) groups is 4. The quantitative estimate of drug-likeness (QED) is 0.0744. The summed E-state index contributed by atoms with van der Waals surface area (Å²) in [4.78, 5) is 67.1. The average molecular weight is 921 g/mol. The number of morpholine rings is 2. The van der Waals surface area contributed by atoms with E-state index >= 15 is 14.4 Å². The van der Waals surface area contributed by atoms with Gasteiger partial charge in [-0.05, 0) is 76.9 Å². The van der Waals surface area contributed by atoms with Gasteiger partial charge in [0.05, 0.1) is 56.7 Å². The number of carbonyl (C=O) groups excluding carboxylic acids is 4. The van der Waals surface area contributed by atoms with Crippen LogP contribution in [0.25, 0.3) is 0 Å². The largest absolute Gasteiger partial charge is 0.491 e. The van der Waals surface area contributed by atoms with Gasteiger partial charge in [-0.3, -0.25) is 19.3 Å². The van der Waals surface area contributed by atoms with Gasteiger partial charge in [0.1, 0.15) is 36.5 Å². The van der Waals surface area contributed by atoms with E-state index in [1.165, 1.54) is 7.11 Å². The number of rotatable bonds is 13. The smallest absolute Gasteiger partial charge is 0.421 e. The molecule has 0 aromatic heterocycles. The molecule has 9 rings (SSSR count). The Bertz CT molecular complexity index is 2670. The Morgan fingerprint density at radius 2 is 1.50 bits per heavy atom. The number of fused-ring (bicyclic) bond motifs is 3. The van der Waals surface area contributed by atoms with E-state index in [0.717, 1.165) is 16.2 Å². The first kappa shape index (κ1) is 46.1. The third-order valence-corrected chi connectivity index (χ3v) is 13.0. The zero-order chi connectivity index (χ0) is 47.2. The van der Waals surface area contributed by atoms with Crippen molar-refractivity contribution in [3.63, 3.8) is 0 Å². The highest BCUT2D eigenvalue weighted by Gasteiger charge is 2.75. The van der Waals surface area contributed by atoms with E-state index in [0.29, 0.717) is 54.4 Å². The van der Waals surface area contributed by atoms with Gasteiger partial charge >= 0.3 is 12.1 Å². The fraction of sp³-hybridized carbons (Fsp3) is 0.321. The van der Waals surface area contributed by atoms with Crippen LogP contribution in [-0.4, -0.2) is 111 Å². The lowest BCUT2D eigenvalue weighted by Crippen LogP contribution is -2.54. The van der Waals surface area contributed by atoms with E-state index < -0.39 is 59.4 Å². The van der Waals surface area contributed by atoms with E-state index in [1.807, 2.05) is 77.7 Å². The van der Waals surface area contributed by atoms with Crippen LogP contribution < -0.4 is 19.9 Å². The molecule has 1 spiro atoms. The van der Waals surface area contributed by atoms with Crippen molar-refractivity contribution in [3.8, 4) is 17.6 Å². The number of hydrogen-bond donors (Lipinski definition) is 3. The number of nitrogens with zero attached hydrogens (tertiary/aromatic N) is 3. The summed E-state index contributed by atoms with van der Waals surface area (Å²) < 4.78 is 28.8. The monoisotopic (exact) mass is 920 g/mol. The SMILES string of the molecule is COCCOC(=O)N1C(=O)C2(c3cc(C#CCCO)ccc31)C(C(=O)Nc1ccc(N3CCOCC3)cc1)C1C(=O)OC(c3ccccc3)C(c3ccccc3)N1C2c1ccc(OCCO)cc1. The van der Waals surface area contributed by atoms with Gasteiger partial charge in [0.15, 0.2) is 0 Å². The molecule has 6 atom stereocenters. The van der Waals surface area contributed by atoms with Crippen molar-refractivity contribution in [2.75, 3.05) is 81.6 Å². The molecule has 0 saturated carbocycles. The molecule has 15 heteroatoms. The Morgan fingerprint density at radius 3 is 2.18 bits per heavy atom. The molecule has 4 heterocycles. The molecule has 5 aromatic rings. The molecule has 5 aromatic carbocycles. The van der Waals surface area contributed by atoms with E-state index in [1.54, 1.807) is 54.6 Å². The molecule has 0 aliphatic carbocycles. The zero-order valence-corrected chi connectivity index (χ0v) is 37.5. The first-order chi connectivity index (χ1) is 33.3. The van der Waals surface area contributed by atoms with E-state index in [9.17, 15) is 15.0 Å². The Hall–Kier alpha value is -7.06. The van der Waals surface area contributed by atoms with E-state index in [2.05, 4.69) is 22.1 Å². The van der Waals surface area contributed by atoms with Gasteiger partial charge in [0.25, 0.3) is 0 Å². The van der Waals surface area contributed by atoms with Gasteiger partial charge < -0.3 is 44.1 Å². The molecule has 0 bridgehead atoms. The van der Waals surface area contributed by atoms with Gasteiger partial charge in [-0.15, -0.1) is 0 Å². The van der Waals surface area contributed by atoms with E-state index in [-0.39, 0.29) is 50.7 Å². The highest BCUT2D eigenvalue weighted by Crippen LogP contribution is 2.66. The number of aliphatic hydroxyl groups excluding tert-OH is 2. The van der Waals surface area contributed by atoms with Crippen molar-refractivity contribution in [1.29, 1.82) is 0 Å². The topological polar surface area (TPSA) is 177 Å². The van der Waals surface area contributed by atoms with Crippen molar-refractivity contribution in [2.45, 2.75) is 36.1 Å². The fourth-order valence-electron chi connectivity index (χ4n) is 10.2. The predicted molar refractivity (Wildman–Crippen MR) is 251 cm³/mol. The van der Waals surface area contributed by atoms with Gasteiger partial charge in [-0.1, -0.05) is 84.6 Å². The minimum Gasteiger partial charge on any atom is -0.491 e. The fourth-order valence-corrected chi connectivity index (χ4v) is 10.2. The van der Waals surface area contributed by atoms with Crippen LogP contribution in [0.2, 0.25) is 0 Å². The first-order valence-corrected chi connectivity index (χ1v) is 22.7. The molecule has 6 unspecified atom stereocenters. The molecule has 15 nitrogen and oxygen atoms in total. The number of methoxy groups -OCH3 is 1. The van der Waals surface area contributed by atoms with Crippen molar-refractivity contribution in [1.82, 2.24) is 4.90 Å². The second-order valence-electron chi connectivity index (χ2n) is 16.8. The van der Waals surface area contributed by atoms with Crippen molar-refractivity contribution in [2.24, 2.45) is 5.92 Å². The van der Waals surface area contributed by atoms with Crippen molar-refractivity contribution in [3.05, 3.63) is 155 Å². The first-order valence-electron chi connectivity index (χ1n) is 22.7. The summed E-state index contributed by atoms with van der Waals surface area (Å²) in [6.07, 6.45) is -1.75. The molecule has 4 aliphatic rings. The van der Waals surface area contributed by atoms with Crippen LogP contribution >= 0.6 is 0 Å². The molecule has 0 radical (unpaired) electrons. The van der Waals surface area contributed by atoms with Crippen LogP contribution in [0, 0.1) is 17.8 Å². The van der Waals surface area contributed by atoms with Gasteiger partial charge in [0, 0.05) is 43.6 Å². The lowest BCUT2D eigenvalue weighted by Gasteiger charge is -2.46. The third-order valence-electron chi connectivity index (χ3n) is 13.0. The normalized spacial score (nSPS) is 23.0. The van der Waals surface area contributed by atoms with E-state index in [4.69, 9.17) is 23.7 Å². The summed E-state index contributed by atoms with van der Waals surface area (Å²) in [7, 11) is 1.46. The van der Waals surface area contributed by atoms with Crippen molar-refractivity contribution >= 4 is 40.9 Å². The minimum atomic E-state index is -2.06. The van der Waals surface area contributed by atoms with Crippen LogP contribution in [0.3, 0.4) is 0 Å². The van der Waals surface area contributed by atoms with Crippen LogP contribution in [0.4, 0.5) is 21.9 Å². The van der Waals surface area contributed by atoms with Crippen LogP contribution in [0.1, 0.15) is 52.4 Å². The molecule has 4 aliphatic heterocycles. The summed E-state index contributed by atoms with van der Waals surface area (Å²) in [5, 5.41) is 22.3. The van der Waals surface area contributed by atoms with Gasteiger partial charge in [0.2, 0.25) is 11.8 Å². The van der Waals surface area contributed by atoms with Crippen LogP contribution in [0.15, 0.2) is 127 Å². The second kappa shape index (κ2) is 20.4. The summed E-state index contributed by atoms with van der Waals surface area (Å²) >= 11 is 0. The Balaban J connectivity index is 1.31. The number of ether oxygens (including phenoxy) is 5. The molecule has 68 heavy (non-hydrogen) atoms. The third kappa shape index (κ3) is 8.57. The number of nitrogens with one attached hydrogen (secondary N) is 1. The van der Waals surface area contributed by atoms with Crippen LogP contribution in [-0.2, 0) is 38.7 Å². The second-order valence-corrected chi connectivity index (χ2v) is 16.8. The summed E-state index contributed by atoms with van der Waals surface area (Å²) in [6, 6.07) is 34.7. The maximum absolute atomic E-state index is 16.4. The standard InChI is InChI=1S/C53H52N4O11/c1-64-32-33-67-52(63)56-43-24-15-35(10-8-9-27-58)34-42(43)53(51(56)62)44(49(60)54-39-18-20-40(21-19-39)55-25-29-65-30-26-55)46-50(61)68-47(37-13-6-3-7-14-37)45(36-11-4-2-5-12-36)57(46)48(53)38-16-22-41(23-17-38)66-31-28-59/h2-7,11-24,34,44-48,58-59H,9,25-33H2,1H3,(H,54,60). The predicted octanol–water partition coefficient (Wildman–Crippen LogP) is 5.72. The van der Waals surface area contributed by atoms with Gasteiger partial charge in [-0.25, -0.2) is 9.69 Å². The lowest BCUT2D eigenvalue weighted by atomic mass is 9.65. The minimum absolute atomic E-state index is 0.0311. The number of benzene rings is 5. The molecule has 350 valence electrons. The highest BCUT2D eigenvalue weighted by atomic mass is 16.6. The molecule has 3 amide bonds. The molecule has 3 saturated heterocycles. The number of anilines is 3. The molecule has 3 fully saturated rings. The number of cyclic esters (lactones) is 1. The number of hydrogen-bond acceptors (Lipinski definition) is 13. The number of amides is 3. The Labute approximate surface area is 394 Å². The maximum Gasteiger partial charge on any atom is 0.421 e. The summed E-state index contributed by atoms with van der Waals surface area (Å²) in [5.74, 6) is 2.71. The van der Waals surface area contributed by atoms with Crippen LogP contribution in [0.5, 0.6) is 5.75 Å².